The van der Waals surface area contributed by atoms with E-state index in [0.29, 0.717) is 0 Å². The molecule has 0 bridgehead atoms. The smallest absolute Gasteiger partial charge is 0.211 e. The number of allylic oxidation sites excluding steroid dienone is 2. The fourth-order valence-corrected chi connectivity index (χ4v) is 5.68. The van der Waals surface area contributed by atoms with Gasteiger partial charge in [-0.15, -0.1) is 0 Å². The first-order valence-corrected chi connectivity index (χ1v) is 14.0. The molecule has 0 atom stereocenters. The molecule has 0 aromatic heterocycles. The summed E-state index contributed by atoms with van der Waals surface area (Å²) in [6, 6.07) is 9.24. The maximum atomic E-state index is 11.9. The molecule has 1 aliphatic rings. The summed E-state index contributed by atoms with van der Waals surface area (Å²) in [5.41, 5.74) is 27.2. The van der Waals surface area contributed by atoms with Crippen LogP contribution in [-0.4, -0.2) is 4.70 Å². The molecule has 0 N–H and O–H groups in total. The van der Waals surface area contributed by atoms with Gasteiger partial charge in [-0.3, -0.25) is 0 Å². The van der Waals surface area contributed by atoms with E-state index in [0.717, 1.165) is 74.7 Å². The van der Waals surface area contributed by atoms with Gasteiger partial charge < -0.3 is 5.53 Å². The van der Waals surface area contributed by atoms with Crippen LogP contribution in [0.2, 0.25) is 0 Å². The van der Waals surface area contributed by atoms with Crippen LogP contribution in [0.5, 0.6) is 0 Å². The maximum Gasteiger partial charge on any atom is 0.211 e. The van der Waals surface area contributed by atoms with Crippen LogP contribution in [0.4, 0.5) is 0 Å². The van der Waals surface area contributed by atoms with Crippen LogP contribution in [-0.2, 0) is 19.3 Å². The van der Waals surface area contributed by atoms with Gasteiger partial charge in [0.15, 0.2) is 0 Å². The zero-order valence-electron chi connectivity index (χ0n) is 23.6. The first-order chi connectivity index (χ1) is 16.8. The van der Waals surface area contributed by atoms with Crippen molar-refractivity contribution in [1.82, 2.24) is 0 Å². The molecule has 0 unspecified atom stereocenters. The lowest BCUT2D eigenvalue weighted by atomic mass is 9.88. The van der Waals surface area contributed by atoms with Gasteiger partial charge in [0, 0.05) is 22.3 Å². The molecule has 0 saturated heterocycles. The van der Waals surface area contributed by atoms with E-state index >= 15 is 0 Å². The van der Waals surface area contributed by atoms with Crippen LogP contribution in [0, 0.1) is 20.8 Å². The van der Waals surface area contributed by atoms with E-state index in [2.05, 4.69) is 79.7 Å². The van der Waals surface area contributed by atoms with Crippen molar-refractivity contribution < 1.29 is 4.70 Å². The van der Waals surface area contributed by atoms with Crippen LogP contribution in [0.3, 0.4) is 0 Å². The molecular weight excluding hydrogens is 424 g/mol. The topological polar surface area (TPSA) is 25.3 Å². The van der Waals surface area contributed by atoms with Gasteiger partial charge in [0.1, 0.15) is 0 Å². The molecular formula is C33H46N2. The van der Waals surface area contributed by atoms with Crippen LogP contribution < -0.4 is 0 Å². The standard InChI is InChI=1S/C33H46N2/c1-9-14-16-30-31(17-15-10-2)33(28-20-25(11-3)29(13-5)26(12-4)21-28)35(34)32(30)27-18-22(6)24(8)23(7)19-27/h18-21H,9-17H2,1-8H3. The van der Waals surface area contributed by atoms with E-state index in [1.54, 1.807) is 4.70 Å². The first kappa shape index (κ1) is 27.1. The molecule has 2 nitrogen and oxygen atoms in total. The third-order valence-electron chi connectivity index (χ3n) is 7.94. The Balaban J connectivity index is 2.29. The van der Waals surface area contributed by atoms with Crippen molar-refractivity contribution in [3.63, 3.8) is 0 Å². The molecule has 188 valence electrons. The zero-order valence-corrected chi connectivity index (χ0v) is 23.6. The quantitative estimate of drug-likeness (QED) is 0.292. The molecule has 0 spiro atoms. The lowest BCUT2D eigenvalue weighted by Crippen LogP contribution is -2.06. The minimum atomic E-state index is 1.00. The first-order valence-electron chi connectivity index (χ1n) is 14.0. The minimum absolute atomic E-state index is 1.00. The third-order valence-corrected chi connectivity index (χ3v) is 7.94. The Morgan fingerprint density at radius 3 is 1.43 bits per heavy atom. The van der Waals surface area contributed by atoms with Crippen LogP contribution in [0.15, 0.2) is 35.4 Å². The molecule has 0 saturated carbocycles. The summed E-state index contributed by atoms with van der Waals surface area (Å²) in [6.45, 7) is 17.8. The van der Waals surface area contributed by atoms with Crippen molar-refractivity contribution in [2.75, 3.05) is 0 Å². The number of nitrogens with zero attached hydrogens (tertiary/aromatic N) is 2. The highest BCUT2D eigenvalue weighted by Crippen LogP contribution is 2.45. The van der Waals surface area contributed by atoms with Gasteiger partial charge in [-0.1, -0.05) is 47.5 Å². The van der Waals surface area contributed by atoms with Gasteiger partial charge in [0.2, 0.25) is 11.4 Å². The summed E-state index contributed by atoms with van der Waals surface area (Å²) in [7, 11) is 0. The molecule has 2 aromatic rings. The zero-order chi connectivity index (χ0) is 25.7. The predicted molar refractivity (Wildman–Crippen MR) is 152 cm³/mol. The van der Waals surface area contributed by atoms with E-state index in [1.165, 1.54) is 50.1 Å². The molecule has 0 aliphatic carbocycles. The van der Waals surface area contributed by atoms with Crippen molar-refractivity contribution in [2.24, 2.45) is 0 Å². The summed E-state index contributed by atoms with van der Waals surface area (Å²) >= 11 is 0. The summed E-state index contributed by atoms with van der Waals surface area (Å²) in [4.78, 5) is 0. The van der Waals surface area contributed by atoms with E-state index < -0.39 is 0 Å². The lowest BCUT2D eigenvalue weighted by Gasteiger charge is -2.16. The second-order valence-electron chi connectivity index (χ2n) is 10.2. The Labute approximate surface area is 214 Å². The van der Waals surface area contributed by atoms with Crippen molar-refractivity contribution in [3.05, 3.63) is 85.5 Å². The Bertz CT molecular complexity index is 1110. The fourth-order valence-electron chi connectivity index (χ4n) is 5.68. The molecule has 2 heteroatoms. The second kappa shape index (κ2) is 12.0. The highest BCUT2D eigenvalue weighted by atomic mass is 15.2. The van der Waals surface area contributed by atoms with Crippen LogP contribution in [0.1, 0.15) is 118 Å². The molecule has 1 heterocycles. The highest BCUT2D eigenvalue weighted by molar-refractivity contribution is 5.83. The number of rotatable bonds is 11. The van der Waals surface area contributed by atoms with Gasteiger partial charge in [-0.25, -0.2) is 4.70 Å². The lowest BCUT2D eigenvalue weighted by molar-refractivity contribution is -0.345. The second-order valence-corrected chi connectivity index (χ2v) is 10.2. The maximum absolute atomic E-state index is 11.9. The van der Waals surface area contributed by atoms with E-state index in [4.69, 9.17) is 0 Å². The average Bonchev–Trinajstić information content (AvgIpc) is 3.13. The predicted octanol–water partition coefficient (Wildman–Crippen LogP) is 9.85. The largest absolute Gasteiger partial charge is 0.493 e. The minimum Gasteiger partial charge on any atom is -0.493 e. The van der Waals surface area contributed by atoms with E-state index in [1.807, 2.05) is 0 Å². The normalized spacial score (nSPS) is 14.0. The monoisotopic (exact) mass is 470 g/mol. The number of hydrogen-bond donors (Lipinski definition) is 0. The Morgan fingerprint density at radius 1 is 0.629 bits per heavy atom. The number of aryl methyl sites for hydroxylation is 4. The summed E-state index contributed by atoms with van der Waals surface area (Å²) in [5, 5.41) is 0. The van der Waals surface area contributed by atoms with Crippen LogP contribution >= 0.6 is 0 Å². The Hall–Kier alpha value is -2.48. The molecule has 3 rings (SSSR count). The van der Waals surface area contributed by atoms with Crippen molar-refractivity contribution in [1.29, 1.82) is 0 Å². The Kier molecular flexibility index (Phi) is 9.27. The van der Waals surface area contributed by atoms with Gasteiger partial charge in [0.25, 0.3) is 0 Å². The molecule has 1 aliphatic heterocycles. The number of unbranched alkanes of at least 4 members (excludes halogenated alkanes) is 2. The summed E-state index contributed by atoms with van der Waals surface area (Å²) < 4.78 is 1.55. The molecule has 0 fully saturated rings. The van der Waals surface area contributed by atoms with E-state index in [-0.39, 0.29) is 0 Å². The SMILES string of the molecule is CCCCC1=C(c2cc(C)c(C)c(C)c2)[N+](=[N-])C(c2cc(CC)c(CC)c(CC)c2)=C1CCCC. The number of hydrogen-bond acceptors (Lipinski definition) is 0. The molecule has 0 amide bonds. The number of benzene rings is 2. The van der Waals surface area contributed by atoms with Crippen molar-refractivity contribution in [2.45, 2.75) is 113 Å². The van der Waals surface area contributed by atoms with Crippen molar-refractivity contribution in [3.8, 4) is 0 Å². The van der Waals surface area contributed by atoms with Gasteiger partial charge in [-0.05, 0) is 123 Å². The average molecular weight is 471 g/mol. The molecule has 35 heavy (non-hydrogen) atoms. The van der Waals surface area contributed by atoms with Gasteiger partial charge in [-0.2, -0.15) is 0 Å². The summed E-state index contributed by atoms with van der Waals surface area (Å²) in [6.07, 6.45) is 9.68. The fraction of sp³-hybridized carbons (Fsp3) is 0.515. The molecule has 2 aromatic carbocycles. The van der Waals surface area contributed by atoms with E-state index in [9.17, 15) is 5.53 Å². The third kappa shape index (κ3) is 5.37. The van der Waals surface area contributed by atoms with Crippen molar-refractivity contribution >= 4 is 11.4 Å². The summed E-state index contributed by atoms with van der Waals surface area (Å²) in [5.74, 6) is 0. The molecule has 0 radical (unpaired) electrons. The van der Waals surface area contributed by atoms with Gasteiger partial charge in [0.05, 0.1) is 0 Å². The van der Waals surface area contributed by atoms with Gasteiger partial charge >= 0.3 is 0 Å². The highest BCUT2D eigenvalue weighted by Gasteiger charge is 2.35. The Morgan fingerprint density at radius 2 is 1.06 bits per heavy atom. The van der Waals surface area contributed by atoms with Crippen LogP contribution in [0.25, 0.3) is 16.9 Å².